The second-order valence-corrected chi connectivity index (χ2v) is 5.57. The third-order valence-corrected chi connectivity index (χ3v) is 3.88. The molecule has 5 nitrogen and oxygen atoms in total. The first-order valence-corrected chi connectivity index (χ1v) is 7.34. The number of nitrogens with two attached hydrogens (primary N) is 1. The molecule has 3 aromatic rings. The third-order valence-electron chi connectivity index (χ3n) is 3.03. The second-order valence-electron chi connectivity index (χ2n) is 4.50. The molecule has 20 heavy (non-hydrogen) atoms. The molecule has 0 spiro atoms. The molecule has 0 saturated heterocycles. The molecule has 0 saturated carbocycles. The molecule has 0 aliphatic heterocycles. The number of thioether (sulfide) groups is 1. The number of aryl methyl sites for hydroxylation is 2. The Kier molecular flexibility index (Phi) is 3.56. The number of anilines is 1. The number of benzene rings is 1. The number of imidazole rings is 1. The highest BCUT2D eigenvalue weighted by atomic mass is 32.2. The first-order valence-electron chi connectivity index (χ1n) is 6.35. The van der Waals surface area contributed by atoms with Crippen LogP contribution in [-0.4, -0.2) is 25.3 Å². The van der Waals surface area contributed by atoms with Gasteiger partial charge >= 0.3 is 0 Å². The van der Waals surface area contributed by atoms with Crippen molar-refractivity contribution in [3.05, 3.63) is 42.2 Å². The smallest absolute Gasteiger partial charge is 0.191 e. The average Bonchev–Trinajstić information content (AvgIpc) is 2.82. The molecule has 3 rings (SSSR count). The van der Waals surface area contributed by atoms with Gasteiger partial charge in [0.25, 0.3) is 0 Å². The summed E-state index contributed by atoms with van der Waals surface area (Å²) in [5.41, 5.74) is 8.67. The molecule has 2 heterocycles. The lowest BCUT2D eigenvalue weighted by Gasteiger charge is -2.03. The van der Waals surface area contributed by atoms with Crippen molar-refractivity contribution in [1.29, 1.82) is 0 Å². The Balaban J connectivity index is 1.73. The lowest BCUT2D eigenvalue weighted by atomic mass is 10.2. The van der Waals surface area contributed by atoms with Gasteiger partial charge in [-0.1, -0.05) is 42.1 Å². The largest absolute Gasteiger partial charge is 0.382 e. The van der Waals surface area contributed by atoms with E-state index < -0.39 is 0 Å². The van der Waals surface area contributed by atoms with Gasteiger partial charge in [-0.25, -0.2) is 15.0 Å². The van der Waals surface area contributed by atoms with E-state index in [1.165, 1.54) is 5.56 Å². The molecule has 0 bridgehead atoms. The first kappa shape index (κ1) is 12.9. The Bertz CT molecular complexity index is 723. The highest BCUT2D eigenvalue weighted by molar-refractivity contribution is 7.99. The molecule has 2 aromatic heterocycles. The molecular formula is C14H15N5S. The first-order chi connectivity index (χ1) is 9.74. The van der Waals surface area contributed by atoms with Crippen LogP contribution in [0.15, 0.2) is 41.8 Å². The maximum absolute atomic E-state index is 5.91. The van der Waals surface area contributed by atoms with Gasteiger partial charge < -0.3 is 10.3 Å². The normalized spacial score (nSPS) is 11.1. The minimum absolute atomic E-state index is 0.442. The highest BCUT2D eigenvalue weighted by Crippen LogP contribution is 2.21. The summed E-state index contributed by atoms with van der Waals surface area (Å²) in [6.07, 6.45) is 2.69. The second kappa shape index (κ2) is 5.50. The van der Waals surface area contributed by atoms with Crippen molar-refractivity contribution in [1.82, 2.24) is 19.5 Å². The number of rotatable bonds is 4. The Hall–Kier alpha value is -2.08. The fraction of sp³-hybridized carbons (Fsp3) is 0.214. The van der Waals surface area contributed by atoms with Crippen LogP contribution in [0.5, 0.6) is 0 Å². The minimum atomic E-state index is 0.442. The zero-order valence-electron chi connectivity index (χ0n) is 11.2. The SMILES string of the molecule is Cn1cnc2c(N)nc(SCCc3ccccc3)nc21. The van der Waals surface area contributed by atoms with E-state index in [1.54, 1.807) is 18.1 Å². The van der Waals surface area contributed by atoms with Crippen LogP contribution in [0.4, 0.5) is 5.82 Å². The molecule has 0 radical (unpaired) electrons. The van der Waals surface area contributed by atoms with Crippen molar-refractivity contribution in [3.8, 4) is 0 Å². The molecule has 0 atom stereocenters. The molecule has 0 aliphatic carbocycles. The van der Waals surface area contributed by atoms with Gasteiger partial charge in [0.1, 0.15) is 5.52 Å². The van der Waals surface area contributed by atoms with E-state index in [4.69, 9.17) is 5.73 Å². The van der Waals surface area contributed by atoms with Crippen LogP contribution < -0.4 is 5.73 Å². The highest BCUT2D eigenvalue weighted by Gasteiger charge is 2.09. The van der Waals surface area contributed by atoms with Gasteiger partial charge in [0, 0.05) is 12.8 Å². The van der Waals surface area contributed by atoms with Crippen molar-refractivity contribution in [3.63, 3.8) is 0 Å². The van der Waals surface area contributed by atoms with Crippen LogP contribution in [0.2, 0.25) is 0 Å². The third kappa shape index (κ3) is 2.60. The van der Waals surface area contributed by atoms with Crippen LogP contribution in [0.1, 0.15) is 5.56 Å². The number of hydrogen-bond acceptors (Lipinski definition) is 5. The number of hydrogen-bond donors (Lipinski definition) is 1. The van der Waals surface area contributed by atoms with Crippen LogP contribution in [-0.2, 0) is 13.5 Å². The van der Waals surface area contributed by atoms with Crippen LogP contribution in [0.25, 0.3) is 11.2 Å². The summed E-state index contributed by atoms with van der Waals surface area (Å²) in [6.45, 7) is 0. The molecule has 0 fully saturated rings. The van der Waals surface area contributed by atoms with Crippen molar-refractivity contribution in [2.45, 2.75) is 11.6 Å². The van der Waals surface area contributed by atoms with E-state index in [1.807, 2.05) is 17.7 Å². The van der Waals surface area contributed by atoms with Gasteiger partial charge in [0.05, 0.1) is 6.33 Å². The van der Waals surface area contributed by atoms with Gasteiger partial charge in [-0.15, -0.1) is 0 Å². The number of aromatic nitrogens is 4. The zero-order chi connectivity index (χ0) is 13.9. The van der Waals surface area contributed by atoms with Gasteiger partial charge in [0.15, 0.2) is 16.6 Å². The van der Waals surface area contributed by atoms with Crippen molar-refractivity contribution >= 4 is 28.7 Å². The lowest BCUT2D eigenvalue weighted by Crippen LogP contribution is -1.99. The van der Waals surface area contributed by atoms with E-state index in [-0.39, 0.29) is 0 Å². The van der Waals surface area contributed by atoms with E-state index in [0.29, 0.717) is 16.5 Å². The standard InChI is InChI=1S/C14H15N5S/c1-19-9-16-11-12(15)17-14(18-13(11)19)20-8-7-10-5-3-2-4-6-10/h2-6,9H,7-8H2,1H3,(H2,15,17,18). The summed E-state index contributed by atoms with van der Waals surface area (Å²) in [7, 11) is 1.90. The Labute approximate surface area is 121 Å². The maximum Gasteiger partial charge on any atom is 0.191 e. The monoisotopic (exact) mass is 285 g/mol. The van der Waals surface area contributed by atoms with Gasteiger partial charge in [-0.2, -0.15) is 0 Å². The Morgan fingerprint density at radius 3 is 2.80 bits per heavy atom. The van der Waals surface area contributed by atoms with Crippen LogP contribution >= 0.6 is 11.8 Å². The summed E-state index contributed by atoms with van der Waals surface area (Å²) in [5, 5.41) is 0.703. The van der Waals surface area contributed by atoms with E-state index in [9.17, 15) is 0 Å². The fourth-order valence-electron chi connectivity index (χ4n) is 1.98. The summed E-state index contributed by atoms with van der Waals surface area (Å²) in [5.74, 6) is 1.37. The Morgan fingerprint density at radius 2 is 2.00 bits per heavy atom. The quantitative estimate of drug-likeness (QED) is 0.588. The van der Waals surface area contributed by atoms with Gasteiger partial charge in [-0.3, -0.25) is 0 Å². The Morgan fingerprint density at radius 1 is 1.20 bits per heavy atom. The summed E-state index contributed by atoms with van der Waals surface area (Å²) < 4.78 is 1.86. The molecular weight excluding hydrogens is 270 g/mol. The predicted molar refractivity (Wildman–Crippen MR) is 81.6 cm³/mol. The van der Waals surface area contributed by atoms with Crippen molar-refractivity contribution in [2.75, 3.05) is 11.5 Å². The predicted octanol–water partition coefficient (Wildman–Crippen LogP) is 2.28. The molecule has 6 heteroatoms. The molecule has 1 aromatic carbocycles. The molecule has 0 unspecified atom stereocenters. The molecule has 0 aliphatic rings. The topological polar surface area (TPSA) is 69.6 Å². The summed E-state index contributed by atoms with van der Waals surface area (Å²) in [4.78, 5) is 13.0. The summed E-state index contributed by atoms with van der Waals surface area (Å²) in [6, 6.07) is 10.4. The van der Waals surface area contributed by atoms with Gasteiger partial charge in [0.2, 0.25) is 0 Å². The number of nitrogen functional groups attached to an aromatic ring is 1. The number of nitrogens with zero attached hydrogens (tertiary/aromatic N) is 4. The van der Waals surface area contributed by atoms with Crippen molar-refractivity contribution in [2.24, 2.45) is 7.05 Å². The lowest BCUT2D eigenvalue weighted by molar-refractivity contribution is 0.902. The van der Waals surface area contributed by atoms with E-state index in [0.717, 1.165) is 17.8 Å². The van der Waals surface area contributed by atoms with E-state index in [2.05, 4.69) is 39.2 Å². The van der Waals surface area contributed by atoms with Crippen molar-refractivity contribution < 1.29 is 0 Å². The summed E-state index contributed by atoms with van der Waals surface area (Å²) >= 11 is 1.61. The molecule has 102 valence electrons. The fourth-order valence-corrected chi connectivity index (χ4v) is 2.81. The van der Waals surface area contributed by atoms with Crippen LogP contribution in [0.3, 0.4) is 0 Å². The number of fused-ring (bicyclic) bond motifs is 1. The zero-order valence-corrected chi connectivity index (χ0v) is 12.0. The maximum atomic E-state index is 5.91. The molecule has 0 amide bonds. The van der Waals surface area contributed by atoms with Gasteiger partial charge in [-0.05, 0) is 12.0 Å². The van der Waals surface area contributed by atoms with E-state index >= 15 is 0 Å². The van der Waals surface area contributed by atoms with Crippen LogP contribution in [0, 0.1) is 0 Å². The molecule has 2 N–H and O–H groups in total. The minimum Gasteiger partial charge on any atom is -0.382 e. The average molecular weight is 285 g/mol.